The van der Waals surface area contributed by atoms with Crippen LogP contribution in [0, 0.1) is 0 Å². The van der Waals surface area contributed by atoms with Gasteiger partial charge >= 0.3 is 7.12 Å². The van der Waals surface area contributed by atoms with E-state index in [9.17, 15) is 0 Å². The zero-order valence-electron chi connectivity index (χ0n) is 16.0. The van der Waals surface area contributed by atoms with Crippen LogP contribution in [0.15, 0.2) is 72.8 Å². The van der Waals surface area contributed by atoms with Crippen molar-refractivity contribution in [2.75, 3.05) is 32.3 Å². The molecule has 0 saturated carbocycles. The molecule has 142 valence electrons. The molecule has 1 fully saturated rings. The average Bonchev–Trinajstić information content (AvgIpc) is 3.30. The summed E-state index contributed by atoms with van der Waals surface area (Å²) in [5.41, 5.74) is 4.13. The Balaban J connectivity index is 1.70. The van der Waals surface area contributed by atoms with E-state index in [0.29, 0.717) is 13.2 Å². The lowest BCUT2D eigenvalue weighted by Crippen LogP contribution is -2.31. The molecule has 0 spiro atoms. The minimum Gasteiger partial charge on any atom is -0.497 e. The van der Waals surface area contributed by atoms with Crippen molar-refractivity contribution in [2.45, 2.75) is 0 Å². The second kappa shape index (κ2) is 8.38. The van der Waals surface area contributed by atoms with Crippen molar-refractivity contribution in [1.29, 1.82) is 0 Å². The molecule has 0 radical (unpaired) electrons. The van der Waals surface area contributed by atoms with Gasteiger partial charge in [0.25, 0.3) is 0 Å². The molecule has 4 rings (SSSR count). The SMILES string of the molecule is COc1ccc(N(c2ccc(OC)cc2)c2ccc(B3OCCO3)cc2)cc1. The van der Waals surface area contributed by atoms with Crippen molar-refractivity contribution in [1.82, 2.24) is 0 Å². The zero-order valence-corrected chi connectivity index (χ0v) is 16.0. The predicted octanol–water partition coefficient (Wildman–Crippen LogP) is 3.92. The lowest BCUT2D eigenvalue weighted by atomic mass is 9.79. The van der Waals surface area contributed by atoms with Crippen molar-refractivity contribution in [3.05, 3.63) is 72.8 Å². The van der Waals surface area contributed by atoms with Crippen LogP contribution in [-0.2, 0) is 9.31 Å². The molecule has 0 bridgehead atoms. The fourth-order valence-electron chi connectivity index (χ4n) is 3.24. The second-order valence-electron chi connectivity index (χ2n) is 6.40. The molecule has 1 heterocycles. The highest BCUT2D eigenvalue weighted by Gasteiger charge is 2.26. The van der Waals surface area contributed by atoms with Crippen LogP contribution in [0.4, 0.5) is 17.1 Å². The van der Waals surface area contributed by atoms with E-state index < -0.39 is 0 Å². The Morgan fingerprint density at radius 1 is 0.643 bits per heavy atom. The standard InChI is InChI=1S/C22H22BNO4/c1-25-21-11-7-19(8-12-21)24(20-9-13-22(26-2)14-10-20)18-5-3-17(4-6-18)23-27-15-16-28-23/h3-14H,15-16H2,1-2H3. The van der Waals surface area contributed by atoms with Crippen molar-refractivity contribution in [2.24, 2.45) is 0 Å². The van der Waals surface area contributed by atoms with Crippen LogP contribution in [0.5, 0.6) is 11.5 Å². The first-order chi connectivity index (χ1) is 13.8. The number of rotatable bonds is 6. The number of benzene rings is 3. The molecule has 5 nitrogen and oxygen atoms in total. The summed E-state index contributed by atoms with van der Waals surface area (Å²) in [5.74, 6) is 1.65. The maximum atomic E-state index is 5.60. The molecular formula is C22H22BNO4. The molecule has 28 heavy (non-hydrogen) atoms. The maximum absolute atomic E-state index is 5.60. The van der Waals surface area contributed by atoms with Crippen LogP contribution >= 0.6 is 0 Å². The van der Waals surface area contributed by atoms with Gasteiger partial charge in [0.05, 0.1) is 27.4 Å². The highest BCUT2D eigenvalue weighted by molar-refractivity contribution is 6.61. The summed E-state index contributed by atoms with van der Waals surface area (Å²) in [6.07, 6.45) is 0. The van der Waals surface area contributed by atoms with Gasteiger partial charge in [-0.15, -0.1) is 0 Å². The van der Waals surface area contributed by atoms with E-state index >= 15 is 0 Å². The Morgan fingerprint density at radius 3 is 1.43 bits per heavy atom. The largest absolute Gasteiger partial charge is 0.497 e. The molecule has 0 unspecified atom stereocenters. The van der Waals surface area contributed by atoms with E-state index in [1.165, 1.54) is 0 Å². The molecule has 3 aromatic rings. The Bertz CT molecular complexity index is 844. The van der Waals surface area contributed by atoms with Gasteiger partial charge in [-0.05, 0) is 66.1 Å². The molecule has 1 aliphatic rings. The smallest absolute Gasteiger partial charge is 0.494 e. The Kier molecular flexibility index (Phi) is 5.51. The second-order valence-corrected chi connectivity index (χ2v) is 6.40. The van der Waals surface area contributed by atoms with Crippen molar-refractivity contribution in [3.63, 3.8) is 0 Å². The molecular weight excluding hydrogens is 353 g/mol. The topological polar surface area (TPSA) is 40.2 Å². The van der Waals surface area contributed by atoms with E-state index in [2.05, 4.69) is 17.0 Å². The molecule has 0 atom stereocenters. The summed E-state index contributed by atoms with van der Waals surface area (Å²) < 4.78 is 21.8. The van der Waals surface area contributed by atoms with Crippen LogP contribution in [0.3, 0.4) is 0 Å². The Hall–Kier alpha value is -2.96. The predicted molar refractivity (Wildman–Crippen MR) is 112 cm³/mol. The van der Waals surface area contributed by atoms with E-state index in [-0.39, 0.29) is 7.12 Å². The van der Waals surface area contributed by atoms with Crippen LogP contribution < -0.4 is 19.8 Å². The molecule has 0 aromatic heterocycles. The minimum atomic E-state index is -0.274. The highest BCUT2D eigenvalue weighted by Crippen LogP contribution is 2.35. The zero-order chi connectivity index (χ0) is 19.3. The monoisotopic (exact) mass is 375 g/mol. The third-order valence-electron chi connectivity index (χ3n) is 4.71. The van der Waals surface area contributed by atoms with Crippen LogP contribution in [0.1, 0.15) is 0 Å². The van der Waals surface area contributed by atoms with Gasteiger partial charge in [-0.2, -0.15) is 0 Å². The molecule has 0 amide bonds. The third kappa shape index (κ3) is 3.83. The highest BCUT2D eigenvalue weighted by atomic mass is 16.6. The summed E-state index contributed by atoms with van der Waals surface area (Å²) in [7, 11) is 3.06. The summed E-state index contributed by atoms with van der Waals surface area (Å²) in [6, 6.07) is 24.3. The first kappa shape index (κ1) is 18.4. The van der Waals surface area contributed by atoms with Gasteiger partial charge in [-0.3, -0.25) is 0 Å². The van der Waals surface area contributed by atoms with Gasteiger partial charge < -0.3 is 23.7 Å². The van der Waals surface area contributed by atoms with Crippen LogP contribution in [0.2, 0.25) is 0 Å². The number of anilines is 3. The maximum Gasteiger partial charge on any atom is 0.494 e. The lowest BCUT2D eigenvalue weighted by Gasteiger charge is -2.26. The van der Waals surface area contributed by atoms with Gasteiger partial charge in [-0.25, -0.2) is 0 Å². The summed E-state index contributed by atoms with van der Waals surface area (Å²) >= 11 is 0. The van der Waals surface area contributed by atoms with E-state index in [1.807, 2.05) is 60.7 Å². The van der Waals surface area contributed by atoms with Gasteiger partial charge in [-0.1, -0.05) is 12.1 Å². The Labute approximate surface area is 165 Å². The average molecular weight is 375 g/mol. The van der Waals surface area contributed by atoms with E-state index in [0.717, 1.165) is 34.0 Å². The summed E-state index contributed by atoms with van der Waals surface area (Å²) in [5, 5.41) is 0. The number of nitrogens with zero attached hydrogens (tertiary/aromatic N) is 1. The van der Waals surface area contributed by atoms with Gasteiger partial charge in [0, 0.05) is 17.1 Å². The number of methoxy groups -OCH3 is 2. The summed E-state index contributed by atoms with van der Waals surface area (Å²) in [6.45, 7) is 1.27. The molecule has 3 aromatic carbocycles. The fourth-order valence-corrected chi connectivity index (χ4v) is 3.24. The van der Waals surface area contributed by atoms with Crippen LogP contribution in [0.25, 0.3) is 0 Å². The van der Waals surface area contributed by atoms with Crippen molar-refractivity contribution >= 4 is 29.6 Å². The van der Waals surface area contributed by atoms with Crippen molar-refractivity contribution < 1.29 is 18.8 Å². The van der Waals surface area contributed by atoms with Gasteiger partial charge in [0.2, 0.25) is 0 Å². The Morgan fingerprint density at radius 2 is 1.04 bits per heavy atom. The van der Waals surface area contributed by atoms with Gasteiger partial charge in [0.1, 0.15) is 11.5 Å². The molecule has 0 aliphatic carbocycles. The lowest BCUT2D eigenvalue weighted by molar-refractivity contribution is 0.365. The molecule has 0 N–H and O–H groups in total. The first-order valence-corrected chi connectivity index (χ1v) is 9.20. The minimum absolute atomic E-state index is 0.274. The number of hydrogen-bond donors (Lipinski definition) is 0. The van der Waals surface area contributed by atoms with E-state index in [1.54, 1.807) is 14.2 Å². The number of hydrogen-bond acceptors (Lipinski definition) is 5. The quantitative estimate of drug-likeness (QED) is 0.611. The molecule has 1 saturated heterocycles. The number of ether oxygens (including phenoxy) is 2. The van der Waals surface area contributed by atoms with Gasteiger partial charge in [0.15, 0.2) is 0 Å². The van der Waals surface area contributed by atoms with Crippen LogP contribution in [-0.4, -0.2) is 34.6 Å². The van der Waals surface area contributed by atoms with E-state index in [4.69, 9.17) is 18.8 Å². The summed E-state index contributed by atoms with van der Waals surface area (Å²) in [4.78, 5) is 2.18. The normalized spacial score (nSPS) is 13.4. The first-order valence-electron chi connectivity index (χ1n) is 9.20. The molecule has 1 aliphatic heterocycles. The van der Waals surface area contributed by atoms with Crippen molar-refractivity contribution in [3.8, 4) is 11.5 Å². The fraction of sp³-hybridized carbons (Fsp3) is 0.182. The molecule has 6 heteroatoms. The third-order valence-corrected chi connectivity index (χ3v) is 4.71.